The molecule has 0 saturated carbocycles. The number of carboxylic acids is 1. The lowest BCUT2D eigenvalue weighted by Gasteiger charge is -2.14. The molecule has 0 atom stereocenters. The summed E-state index contributed by atoms with van der Waals surface area (Å²) in [5, 5.41) is 11.9. The van der Waals surface area contributed by atoms with Crippen molar-refractivity contribution in [3.63, 3.8) is 0 Å². The number of alkyl halides is 3. The fourth-order valence-electron chi connectivity index (χ4n) is 3.07. The largest absolute Gasteiger partial charge is 0.481 e. The highest BCUT2D eigenvalue weighted by Gasteiger charge is 2.33. The standard InChI is InChI=1S/C21H18F3NO4/c1-2-3-12-6-7-15(10-17(12)21(22,23)24)25-20(28)14-5-4-13-8-16(11-19(26)27)29-18(13)9-14/h4-10H,2-3,11H2,1H3,(H,25,28)(H,26,27). The average Bonchev–Trinajstić information content (AvgIpc) is 3.02. The number of hydrogen-bond donors (Lipinski definition) is 2. The van der Waals surface area contributed by atoms with Crippen LogP contribution in [0.15, 0.2) is 46.9 Å². The monoisotopic (exact) mass is 405 g/mol. The number of anilines is 1. The minimum atomic E-state index is -4.52. The van der Waals surface area contributed by atoms with E-state index < -0.39 is 23.6 Å². The first kappa shape index (κ1) is 20.4. The predicted octanol–water partition coefficient (Wildman–Crippen LogP) is 5.28. The van der Waals surface area contributed by atoms with Gasteiger partial charge in [-0.1, -0.05) is 25.5 Å². The van der Waals surface area contributed by atoms with E-state index in [0.717, 1.165) is 6.07 Å². The summed E-state index contributed by atoms with van der Waals surface area (Å²) in [6.07, 6.45) is -3.95. The van der Waals surface area contributed by atoms with Gasteiger partial charge < -0.3 is 14.8 Å². The number of amides is 1. The molecule has 0 spiro atoms. The van der Waals surface area contributed by atoms with E-state index in [4.69, 9.17) is 9.52 Å². The second-order valence-corrected chi connectivity index (χ2v) is 6.61. The number of rotatable bonds is 6. The topological polar surface area (TPSA) is 79.5 Å². The fraction of sp³-hybridized carbons (Fsp3) is 0.238. The molecule has 3 rings (SSSR count). The molecule has 0 bridgehead atoms. The normalized spacial score (nSPS) is 11.6. The maximum Gasteiger partial charge on any atom is 0.416 e. The molecule has 2 aromatic carbocycles. The van der Waals surface area contributed by atoms with E-state index in [2.05, 4.69) is 5.32 Å². The average molecular weight is 405 g/mol. The highest BCUT2D eigenvalue weighted by atomic mass is 19.4. The van der Waals surface area contributed by atoms with Gasteiger partial charge in [-0.25, -0.2) is 0 Å². The van der Waals surface area contributed by atoms with Crippen LogP contribution in [0.1, 0.15) is 40.6 Å². The molecule has 152 valence electrons. The third kappa shape index (κ3) is 4.77. The summed E-state index contributed by atoms with van der Waals surface area (Å²) in [5.41, 5.74) is -0.0470. The number of carbonyl (C=O) groups is 2. The third-order valence-electron chi connectivity index (χ3n) is 4.35. The summed E-state index contributed by atoms with van der Waals surface area (Å²) in [5.74, 6) is -1.40. The number of carbonyl (C=O) groups excluding carboxylic acids is 1. The summed E-state index contributed by atoms with van der Waals surface area (Å²) >= 11 is 0. The molecule has 1 aromatic heterocycles. The van der Waals surface area contributed by atoms with Crippen molar-refractivity contribution < 1.29 is 32.3 Å². The summed E-state index contributed by atoms with van der Waals surface area (Å²) in [4.78, 5) is 23.3. The van der Waals surface area contributed by atoms with Crippen LogP contribution in [-0.4, -0.2) is 17.0 Å². The van der Waals surface area contributed by atoms with Crippen molar-refractivity contribution in [3.05, 3.63) is 64.9 Å². The highest BCUT2D eigenvalue weighted by molar-refractivity contribution is 6.06. The molecule has 5 nitrogen and oxygen atoms in total. The number of carboxylic acid groups (broad SMARTS) is 1. The molecule has 1 heterocycles. The lowest BCUT2D eigenvalue weighted by molar-refractivity contribution is -0.138. The van der Waals surface area contributed by atoms with Gasteiger partial charge in [0.1, 0.15) is 17.8 Å². The maximum atomic E-state index is 13.3. The van der Waals surface area contributed by atoms with Crippen molar-refractivity contribution in [2.75, 3.05) is 5.32 Å². The first-order valence-electron chi connectivity index (χ1n) is 8.93. The van der Waals surface area contributed by atoms with Crippen LogP contribution in [0.25, 0.3) is 11.0 Å². The first-order valence-corrected chi connectivity index (χ1v) is 8.93. The van der Waals surface area contributed by atoms with Crippen LogP contribution in [-0.2, 0) is 23.8 Å². The SMILES string of the molecule is CCCc1ccc(NC(=O)c2ccc3cc(CC(=O)O)oc3c2)cc1C(F)(F)F. The number of fused-ring (bicyclic) bond motifs is 1. The van der Waals surface area contributed by atoms with E-state index >= 15 is 0 Å². The molecular formula is C21H18F3NO4. The van der Waals surface area contributed by atoms with E-state index in [1.54, 1.807) is 19.1 Å². The molecule has 0 aliphatic heterocycles. The number of aryl methyl sites for hydroxylation is 1. The molecule has 8 heteroatoms. The molecule has 3 aromatic rings. The quantitative estimate of drug-likeness (QED) is 0.585. The Morgan fingerprint density at radius 1 is 1.10 bits per heavy atom. The minimum absolute atomic E-state index is 0.0355. The zero-order chi connectivity index (χ0) is 21.2. The maximum absolute atomic E-state index is 13.3. The van der Waals surface area contributed by atoms with E-state index in [9.17, 15) is 22.8 Å². The Morgan fingerprint density at radius 2 is 1.86 bits per heavy atom. The van der Waals surface area contributed by atoms with Gasteiger partial charge in [0.25, 0.3) is 5.91 Å². The van der Waals surface area contributed by atoms with Gasteiger partial charge in [-0.05, 0) is 42.3 Å². The number of hydrogen-bond acceptors (Lipinski definition) is 3. The highest BCUT2D eigenvalue weighted by Crippen LogP contribution is 2.34. The Morgan fingerprint density at radius 3 is 2.52 bits per heavy atom. The van der Waals surface area contributed by atoms with Crippen LogP contribution in [0.5, 0.6) is 0 Å². The molecule has 0 saturated heterocycles. The van der Waals surface area contributed by atoms with E-state index in [1.165, 1.54) is 24.3 Å². The van der Waals surface area contributed by atoms with Crippen LogP contribution < -0.4 is 5.32 Å². The number of furan rings is 1. The number of benzene rings is 2. The van der Waals surface area contributed by atoms with Gasteiger partial charge in [0.15, 0.2) is 0 Å². The van der Waals surface area contributed by atoms with Gasteiger partial charge >= 0.3 is 12.1 Å². The van der Waals surface area contributed by atoms with Crippen LogP contribution in [0.2, 0.25) is 0 Å². The Kier molecular flexibility index (Phi) is 5.63. The summed E-state index contributed by atoms with van der Waals surface area (Å²) < 4.78 is 45.4. The fourth-order valence-corrected chi connectivity index (χ4v) is 3.07. The Balaban J connectivity index is 1.85. The van der Waals surface area contributed by atoms with Crippen LogP contribution in [0.4, 0.5) is 18.9 Å². The Bertz CT molecular complexity index is 1070. The van der Waals surface area contributed by atoms with Crippen molar-refractivity contribution in [1.82, 2.24) is 0 Å². The molecule has 0 radical (unpaired) electrons. The van der Waals surface area contributed by atoms with Crippen molar-refractivity contribution in [3.8, 4) is 0 Å². The van der Waals surface area contributed by atoms with Crippen LogP contribution in [0, 0.1) is 0 Å². The Labute approximate surface area is 164 Å². The van der Waals surface area contributed by atoms with Crippen molar-refractivity contribution in [2.45, 2.75) is 32.4 Å². The third-order valence-corrected chi connectivity index (χ3v) is 4.35. The second kappa shape index (κ2) is 7.98. The van der Waals surface area contributed by atoms with Gasteiger partial charge in [-0.3, -0.25) is 9.59 Å². The van der Waals surface area contributed by atoms with Gasteiger partial charge in [-0.15, -0.1) is 0 Å². The molecule has 1 amide bonds. The van der Waals surface area contributed by atoms with Gasteiger partial charge in [-0.2, -0.15) is 13.2 Å². The van der Waals surface area contributed by atoms with E-state index in [0.29, 0.717) is 17.4 Å². The van der Waals surface area contributed by atoms with Gasteiger partial charge in [0.2, 0.25) is 0 Å². The summed E-state index contributed by atoms with van der Waals surface area (Å²) in [7, 11) is 0. The molecular weight excluding hydrogens is 387 g/mol. The van der Waals surface area contributed by atoms with Crippen LogP contribution in [0.3, 0.4) is 0 Å². The summed E-state index contributed by atoms with van der Waals surface area (Å²) in [6.45, 7) is 1.79. The van der Waals surface area contributed by atoms with Crippen molar-refractivity contribution in [1.29, 1.82) is 0 Å². The number of aliphatic carboxylic acids is 1. The minimum Gasteiger partial charge on any atom is -0.481 e. The lowest BCUT2D eigenvalue weighted by Crippen LogP contribution is -2.14. The first-order chi connectivity index (χ1) is 13.7. The molecule has 0 unspecified atom stereocenters. The smallest absolute Gasteiger partial charge is 0.416 e. The Hall–Kier alpha value is -3.29. The van der Waals surface area contributed by atoms with E-state index in [1.807, 2.05) is 0 Å². The zero-order valence-electron chi connectivity index (χ0n) is 15.5. The van der Waals surface area contributed by atoms with Crippen LogP contribution >= 0.6 is 0 Å². The van der Waals surface area contributed by atoms with Gasteiger partial charge in [0, 0.05) is 16.6 Å². The molecule has 0 aliphatic carbocycles. The second-order valence-electron chi connectivity index (χ2n) is 6.61. The van der Waals surface area contributed by atoms with Gasteiger partial charge in [0.05, 0.1) is 5.56 Å². The number of nitrogens with one attached hydrogen (secondary N) is 1. The molecule has 0 aliphatic rings. The lowest BCUT2D eigenvalue weighted by atomic mass is 10.0. The predicted molar refractivity (Wildman–Crippen MR) is 101 cm³/mol. The molecule has 2 N–H and O–H groups in total. The van der Waals surface area contributed by atoms with Crippen molar-refractivity contribution in [2.24, 2.45) is 0 Å². The summed E-state index contributed by atoms with van der Waals surface area (Å²) in [6, 6.07) is 9.81. The number of halogens is 3. The van der Waals surface area contributed by atoms with E-state index in [-0.39, 0.29) is 35.4 Å². The van der Waals surface area contributed by atoms with Crippen molar-refractivity contribution >= 4 is 28.5 Å². The molecule has 0 fully saturated rings. The zero-order valence-corrected chi connectivity index (χ0v) is 15.5. The molecule has 29 heavy (non-hydrogen) atoms.